The zero-order chi connectivity index (χ0) is 12.8. The quantitative estimate of drug-likeness (QED) is 0.220. The van der Waals surface area contributed by atoms with Gasteiger partial charge in [0.05, 0.1) is 5.84 Å². The Bertz CT molecular complexity index is 173. The molecular weight excluding hydrogens is 206 g/mol. The normalized spacial score (nSPS) is 11.1. The molecule has 0 aromatic rings. The number of rotatable bonds is 8. The predicted molar refractivity (Wildman–Crippen MR) is 66.6 cm³/mol. The van der Waals surface area contributed by atoms with Gasteiger partial charge >= 0.3 is 0 Å². The lowest BCUT2D eigenvalue weighted by Crippen LogP contribution is -2.13. The molecule has 0 radical (unpaired) electrons. The van der Waals surface area contributed by atoms with Crippen LogP contribution in [0, 0.1) is 5.41 Å². The minimum absolute atomic E-state index is 0.250. The topological polar surface area (TPSA) is 113 Å². The third kappa shape index (κ3) is 23.1. The molecule has 0 spiro atoms. The van der Waals surface area contributed by atoms with E-state index in [0.717, 1.165) is 19.3 Å². The molecule has 0 fully saturated rings. The van der Waals surface area contributed by atoms with Crippen molar-refractivity contribution in [1.29, 1.82) is 5.41 Å². The highest BCUT2D eigenvalue weighted by atomic mass is 16.3. The Labute approximate surface area is 97.7 Å². The first kappa shape index (κ1) is 17.3. The highest BCUT2D eigenvalue weighted by Gasteiger charge is 1.95. The van der Waals surface area contributed by atoms with E-state index in [1.165, 1.54) is 25.7 Å². The number of carboxylic acid groups (broad SMARTS) is 1. The number of carbonyl (C=O) groups is 1. The van der Waals surface area contributed by atoms with Gasteiger partial charge in [0, 0.05) is 12.5 Å². The van der Waals surface area contributed by atoms with E-state index in [4.69, 9.17) is 26.8 Å². The van der Waals surface area contributed by atoms with Gasteiger partial charge in [-0.1, -0.05) is 25.7 Å². The van der Waals surface area contributed by atoms with Crippen molar-refractivity contribution < 1.29 is 9.90 Å². The minimum atomic E-state index is -0.250. The number of nitrogens with two attached hydrogens (primary N) is 2. The Kier molecular flexibility index (Phi) is 15.0. The lowest BCUT2D eigenvalue weighted by atomic mass is 10.1. The van der Waals surface area contributed by atoms with Crippen LogP contribution in [-0.2, 0) is 4.79 Å². The van der Waals surface area contributed by atoms with Gasteiger partial charge in [-0.15, -0.1) is 0 Å². The van der Waals surface area contributed by atoms with Crippen LogP contribution in [0.3, 0.4) is 0 Å². The van der Waals surface area contributed by atoms with E-state index in [1.807, 2.05) is 0 Å². The first-order valence-corrected chi connectivity index (χ1v) is 5.71. The molecule has 5 nitrogen and oxygen atoms in total. The molecule has 1 unspecified atom stereocenters. The Morgan fingerprint density at radius 3 is 2.19 bits per heavy atom. The summed E-state index contributed by atoms with van der Waals surface area (Å²) in [6, 6.07) is 0.345. The van der Waals surface area contributed by atoms with Gasteiger partial charge < -0.3 is 16.6 Å². The molecular formula is C11H25N3O2. The van der Waals surface area contributed by atoms with Crippen molar-refractivity contribution in [3.63, 3.8) is 0 Å². The van der Waals surface area contributed by atoms with Crippen LogP contribution in [-0.4, -0.2) is 23.5 Å². The molecule has 0 heterocycles. The number of amidine groups is 1. The zero-order valence-electron chi connectivity index (χ0n) is 10.1. The maximum Gasteiger partial charge on any atom is 0.290 e. The first-order chi connectivity index (χ1) is 7.54. The summed E-state index contributed by atoms with van der Waals surface area (Å²) in [5.74, 6) is 0.315. The van der Waals surface area contributed by atoms with Crippen molar-refractivity contribution in [3.05, 3.63) is 0 Å². The van der Waals surface area contributed by atoms with Crippen LogP contribution >= 0.6 is 0 Å². The van der Waals surface area contributed by atoms with Crippen LogP contribution in [0.1, 0.15) is 51.9 Å². The van der Waals surface area contributed by atoms with E-state index in [1.54, 1.807) is 0 Å². The van der Waals surface area contributed by atoms with Crippen LogP contribution in [0.25, 0.3) is 0 Å². The lowest BCUT2D eigenvalue weighted by molar-refractivity contribution is -0.122. The van der Waals surface area contributed by atoms with Crippen LogP contribution in [0.15, 0.2) is 0 Å². The second-order valence-corrected chi connectivity index (χ2v) is 3.91. The van der Waals surface area contributed by atoms with E-state index < -0.39 is 0 Å². The van der Waals surface area contributed by atoms with Crippen molar-refractivity contribution in [1.82, 2.24) is 0 Å². The average Bonchev–Trinajstić information content (AvgIpc) is 2.16. The third-order valence-electron chi connectivity index (χ3n) is 2.11. The van der Waals surface area contributed by atoms with Gasteiger partial charge in [0.2, 0.25) is 0 Å². The van der Waals surface area contributed by atoms with Crippen LogP contribution in [0.5, 0.6) is 0 Å². The molecule has 0 bridgehead atoms. The van der Waals surface area contributed by atoms with Gasteiger partial charge in [0.25, 0.3) is 6.47 Å². The number of hydrogen-bond acceptors (Lipinski definition) is 3. The van der Waals surface area contributed by atoms with Crippen molar-refractivity contribution in [2.75, 3.05) is 0 Å². The second-order valence-electron chi connectivity index (χ2n) is 3.91. The molecule has 0 amide bonds. The van der Waals surface area contributed by atoms with Crippen LogP contribution in [0.2, 0.25) is 0 Å². The van der Waals surface area contributed by atoms with Gasteiger partial charge in [-0.3, -0.25) is 10.2 Å². The maximum atomic E-state index is 8.36. The molecule has 0 saturated carbocycles. The molecule has 0 saturated heterocycles. The summed E-state index contributed by atoms with van der Waals surface area (Å²) in [6.07, 6.45) is 7.89. The summed E-state index contributed by atoms with van der Waals surface area (Å²) in [7, 11) is 0. The fourth-order valence-electron chi connectivity index (χ4n) is 1.31. The summed E-state index contributed by atoms with van der Waals surface area (Å²) in [4.78, 5) is 8.36. The fraction of sp³-hybridized carbons (Fsp3) is 0.818. The molecule has 6 N–H and O–H groups in total. The van der Waals surface area contributed by atoms with Crippen molar-refractivity contribution in [3.8, 4) is 0 Å². The largest absolute Gasteiger partial charge is 0.483 e. The second kappa shape index (κ2) is 13.9. The molecule has 1 atom stereocenters. The molecule has 96 valence electrons. The van der Waals surface area contributed by atoms with E-state index in [-0.39, 0.29) is 6.47 Å². The molecule has 0 aromatic carbocycles. The fourth-order valence-corrected chi connectivity index (χ4v) is 1.31. The van der Waals surface area contributed by atoms with Gasteiger partial charge in [-0.05, 0) is 19.8 Å². The molecule has 16 heavy (non-hydrogen) atoms. The summed E-state index contributed by atoms with van der Waals surface area (Å²) in [5.41, 5.74) is 10.9. The molecule has 5 heteroatoms. The molecule has 0 aliphatic rings. The number of nitrogens with one attached hydrogen (secondary N) is 1. The van der Waals surface area contributed by atoms with Gasteiger partial charge in [0.1, 0.15) is 0 Å². The highest BCUT2D eigenvalue weighted by molar-refractivity contribution is 5.76. The Hall–Kier alpha value is -1.10. The first-order valence-electron chi connectivity index (χ1n) is 5.71. The van der Waals surface area contributed by atoms with E-state index in [2.05, 4.69) is 6.92 Å². The molecule has 0 aromatic heterocycles. The lowest BCUT2D eigenvalue weighted by Gasteiger charge is -2.04. The summed E-state index contributed by atoms with van der Waals surface area (Å²) < 4.78 is 0. The molecule has 0 rings (SSSR count). The minimum Gasteiger partial charge on any atom is -0.483 e. The van der Waals surface area contributed by atoms with Crippen molar-refractivity contribution in [2.45, 2.75) is 57.9 Å². The Morgan fingerprint density at radius 1 is 1.31 bits per heavy atom. The van der Waals surface area contributed by atoms with Crippen LogP contribution < -0.4 is 11.5 Å². The maximum absolute atomic E-state index is 8.36. The molecule has 0 aliphatic heterocycles. The Balaban J connectivity index is 0. The standard InChI is InChI=1S/C10H23N3.CH2O2/c1-9(11)7-5-3-2-4-6-8-10(12)13;2-1-3/h9H,2-8,11H2,1H3,(H3,12,13);1H,(H,2,3). The van der Waals surface area contributed by atoms with Crippen molar-refractivity contribution in [2.24, 2.45) is 11.5 Å². The van der Waals surface area contributed by atoms with Crippen molar-refractivity contribution >= 4 is 12.3 Å². The highest BCUT2D eigenvalue weighted by Crippen LogP contribution is 2.07. The van der Waals surface area contributed by atoms with Gasteiger partial charge in [-0.2, -0.15) is 0 Å². The summed E-state index contributed by atoms with van der Waals surface area (Å²) in [5, 5.41) is 13.9. The SMILES string of the molecule is CC(N)CCCCCCCC(=N)N.O=CO. The van der Waals surface area contributed by atoms with E-state index >= 15 is 0 Å². The third-order valence-corrected chi connectivity index (χ3v) is 2.11. The average molecular weight is 231 g/mol. The monoisotopic (exact) mass is 231 g/mol. The molecule has 0 aliphatic carbocycles. The van der Waals surface area contributed by atoms with E-state index in [9.17, 15) is 0 Å². The van der Waals surface area contributed by atoms with Crippen LogP contribution in [0.4, 0.5) is 0 Å². The number of hydrogen-bond donors (Lipinski definition) is 4. The predicted octanol–water partition coefficient (Wildman–Crippen LogP) is 1.70. The summed E-state index contributed by atoms with van der Waals surface area (Å²) in [6.45, 7) is 1.80. The summed E-state index contributed by atoms with van der Waals surface area (Å²) >= 11 is 0. The smallest absolute Gasteiger partial charge is 0.290 e. The zero-order valence-corrected chi connectivity index (χ0v) is 10.1. The number of unbranched alkanes of at least 4 members (excludes halogenated alkanes) is 4. The Morgan fingerprint density at radius 2 is 1.75 bits per heavy atom. The van der Waals surface area contributed by atoms with Gasteiger partial charge in [0.15, 0.2) is 0 Å². The van der Waals surface area contributed by atoms with Gasteiger partial charge in [-0.25, -0.2) is 0 Å². The van der Waals surface area contributed by atoms with E-state index in [0.29, 0.717) is 11.9 Å².